The molecule has 39 heavy (non-hydrogen) atoms. The summed E-state index contributed by atoms with van der Waals surface area (Å²) in [6.07, 6.45) is 6.47. The number of allylic oxidation sites excluding steroid dienone is 1. The molecule has 200 valence electrons. The Morgan fingerprint density at radius 3 is 1.90 bits per heavy atom. The molecule has 0 unspecified atom stereocenters. The van der Waals surface area contributed by atoms with E-state index in [2.05, 4.69) is 44.0 Å². The van der Waals surface area contributed by atoms with Gasteiger partial charge in [0, 0.05) is 5.57 Å². The Balaban J connectivity index is 1.64. The van der Waals surface area contributed by atoms with Crippen LogP contribution in [0.3, 0.4) is 0 Å². The zero-order valence-electron chi connectivity index (χ0n) is 22.3. The second-order valence-electron chi connectivity index (χ2n) is 10.0. The van der Waals surface area contributed by atoms with Crippen LogP contribution in [-0.4, -0.2) is 23.7 Å². The van der Waals surface area contributed by atoms with Crippen molar-refractivity contribution in [2.45, 2.75) is 38.5 Å². The lowest BCUT2D eigenvalue weighted by atomic mass is 9.76. The molecule has 1 N–H and O–H groups in total. The summed E-state index contributed by atoms with van der Waals surface area (Å²) in [6.45, 7) is 12.3. The van der Waals surface area contributed by atoms with Gasteiger partial charge < -0.3 is 14.6 Å². The van der Waals surface area contributed by atoms with Crippen LogP contribution in [0.1, 0.15) is 44.1 Å². The fourth-order valence-corrected chi connectivity index (χ4v) is 4.86. The lowest BCUT2D eigenvalue weighted by Crippen LogP contribution is -2.13. The first-order chi connectivity index (χ1) is 18.8. The average Bonchev–Trinajstić information content (AvgIpc) is 2.97. The molecule has 0 radical (unpaired) electrons. The Morgan fingerprint density at radius 1 is 0.821 bits per heavy atom. The molecule has 3 aromatic carbocycles. The number of hydrogen-bond acceptors (Lipinski definition) is 5. The zero-order valence-corrected chi connectivity index (χ0v) is 22.3. The summed E-state index contributed by atoms with van der Waals surface area (Å²) >= 11 is 0. The van der Waals surface area contributed by atoms with E-state index in [9.17, 15) is 9.59 Å². The van der Waals surface area contributed by atoms with Crippen molar-refractivity contribution in [1.29, 1.82) is 0 Å². The number of esters is 2. The Morgan fingerprint density at radius 2 is 1.36 bits per heavy atom. The predicted octanol–water partition coefficient (Wildman–Crippen LogP) is 7.42. The molecule has 1 saturated carbocycles. The van der Waals surface area contributed by atoms with Crippen molar-refractivity contribution in [3.8, 4) is 33.8 Å². The molecular formula is C34H34O5. The standard InChI is InChI=1S/C34H34O5/c1-5-24-6-8-27(9-7-24)32-20-28(25-10-15-29(16-11-25)38-33(36)22(2)3)14-19-31(32)26-12-17-30(18-13-26)39-34(37)23(4)21-35/h5,10-20,24,27,35H,1-2,4,6-9,21H2,3H3. The maximum absolute atomic E-state index is 12.0. The van der Waals surface area contributed by atoms with Crippen LogP contribution in [0.2, 0.25) is 0 Å². The molecule has 0 atom stereocenters. The Hall–Kier alpha value is -4.22. The fraction of sp³-hybridized carbons (Fsp3) is 0.235. The van der Waals surface area contributed by atoms with Gasteiger partial charge in [-0.05, 0) is 96.5 Å². The fourth-order valence-electron chi connectivity index (χ4n) is 4.86. The van der Waals surface area contributed by atoms with E-state index in [0.717, 1.165) is 47.9 Å². The van der Waals surface area contributed by atoms with Gasteiger partial charge in [-0.1, -0.05) is 61.7 Å². The number of ether oxygens (including phenoxy) is 2. The summed E-state index contributed by atoms with van der Waals surface area (Å²) in [5.74, 6) is 0.769. The topological polar surface area (TPSA) is 72.8 Å². The summed E-state index contributed by atoms with van der Waals surface area (Å²) < 4.78 is 10.6. The Bertz CT molecular complexity index is 1370. The number of hydrogen-bond donors (Lipinski definition) is 1. The van der Waals surface area contributed by atoms with Crippen LogP contribution in [-0.2, 0) is 9.59 Å². The molecule has 0 spiro atoms. The van der Waals surface area contributed by atoms with E-state index < -0.39 is 18.5 Å². The van der Waals surface area contributed by atoms with Crippen molar-refractivity contribution in [3.63, 3.8) is 0 Å². The minimum atomic E-state index is -0.644. The van der Waals surface area contributed by atoms with Gasteiger partial charge in [-0.2, -0.15) is 0 Å². The van der Waals surface area contributed by atoms with Crippen molar-refractivity contribution in [2.75, 3.05) is 6.61 Å². The van der Waals surface area contributed by atoms with E-state index in [1.165, 1.54) is 5.56 Å². The molecule has 3 aromatic rings. The minimum absolute atomic E-state index is 0.00842. The van der Waals surface area contributed by atoms with Crippen LogP contribution < -0.4 is 9.47 Å². The molecule has 4 rings (SSSR count). The van der Waals surface area contributed by atoms with Gasteiger partial charge in [-0.15, -0.1) is 6.58 Å². The molecule has 0 aromatic heterocycles. The van der Waals surface area contributed by atoms with Gasteiger partial charge in [0.15, 0.2) is 0 Å². The molecular weight excluding hydrogens is 488 g/mol. The Kier molecular flexibility index (Phi) is 8.95. The number of carbonyl (C=O) groups is 2. The number of benzene rings is 3. The van der Waals surface area contributed by atoms with E-state index >= 15 is 0 Å². The number of aliphatic hydroxyl groups excluding tert-OH is 1. The van der Waals surface area contributed by atoms with E-state index in [4.69, 9.17) is 14.6 Å². The van der Waals surface area contributed by atoms with E-state index in [0.29, 0.717) is 28.9 Å². The molecule has 0 saturated heterocycles. The summed E-state index contributed by atoms with van der Waals surface area (Å²) in [5, 5.41) is 9.11. The summed E-state index contributed by atoms with van der Waals surface area (Å²) in [4.78, 5) is 23.8. The number of rotatable bonds is 9. The molecule has 0 aliphatic heterocycles. The van der Waals surface area contributed by atoms with Crippen molar-refractivity contribution in [1.82, 2.24) is 0 Å². The van der Waals surface area contributed by atoms with E-state index in [1.54, 1.807) is 31.2 Å². The first kappa shape index (κ1) is 27.8. The van der Waals surface area contributed by atoms with Gasteiger partial charge in [-0.3, -0.25) is 0 Å². The van der Waals surface area contributed by atoms with Gasteiger partial charge in [0.05, 0.1) is 12.2 Å². The zero-order chi connectivity index (χ0) is 27.9. The largest absolute Gasteiger partial charge is 0.423 e. The summed E-state index contributed by atoms with van der Waals surface area (Å²) in [7, 11) is 0. The second kappa shape index (κ2) is 12.5. The van der Waals surface area contributed by atoms with Gasteiger partial charge in [-0.25, -0.2) is 9.59 Å². The highest BCUT2D eigenvalue weighted by molar-refractivity contribution is 5.90. The molecule has 0 amide bonds. The van der Waals surface area contributed by atoms with Gasteiger partial charge in [0.2, 0.25) is 0 Å². The van der Waals surface area contributed by atoms with Crippen molar-refractivity contribution >= 4 is 11.9 Å². The molecule has 1 aliphatic carbocycles. The summed E-state index contributed by atoms with van der Waals surface area (Å²) in [6, 6.07) is 21.4. The number of aliphatic hydroxyl groups is 1. The molecule has 0 bridgehead atoms. The van der Waals surface area contributed by atoms with Crippen molar-refractivity contribution in [3.05, 3.63) is 109 Å². The monoisotopic (exact) mass is 522 g/mol. The first-order valence-corrected chi connectivity index (χ1v) is 13.1. The van der Waals surface area contributed by atoms with Gasteiger partial charge >= 0.3 is 11.9 Å². The van der Waals surface area contributed by atoms with E-state index in [-0.39, 0.29) is 5.57 Å². The molecule has 5 heteroatoms. The van der Waals surface area contributed by atoms with Crippen LogP contribution in [0.25, 0.3) is 22.3 Å². The predicted molar refractivity (Wildman–Crippen MR) is 155 cm³/mol. The van der Waals surface area contributed by atoms with Crippen LogP contribution in [0.5, 0.6) is 11.5 Å². The summed E-state index contributed by atoms with van der Waals surface area (Å²) in [5.41, 5.74) is 5.94. The highest BCUT2D eigenvalue weighted by Gasteiger charge is 2.24. The van der Waals surface area contributed by atoms with Crippen LogP contribution in [0, 0.1) is 5.92 Å². The molecule has 1 aliphatic rings. The first-order valence-electron chi connectivity index (χ1n) is 13.1. The van der Waals surface area contributed by atoms with Crippen LogP contribution >= 0.6 is 0 Å². The third-order valence-electron chi connectivity index (χ3n) is 7.20. The maximum atomic E-state index is 12.0. The molecule has 0 heterocycles. The minimum Gasteiger partial charge on any atom is -0.423 e. The SMILES string of the molecule is C=CC1CCC(c2cc(-c3ccc(OC(=O)C(=C)C)cc3)ccc2-c2ccc(OC(=O)C(=C)CO)cc2)CC1. The second-order valence-corrected chi connectivity index (χ2v) is 10.0. The lowest BCUT2D eigenvalue weighted by Gasteiger charge is -2.29. The average molecular weight is 523 g/mol. The van der Waals surface area contributed by atoms with Gasteiger partial charge in [0.25, 0.3) is 0 Å². The maximum Gasteiger partial charge on any atom is 0.341 e. The van der Waals surface area contributed by atoms with Crippen LogP contribution in [0.15, 0.2) is 104 Å². The lowest BCUT2D eigenvalue weighted by molar-refractivity contribution is -0.131. The smallest absolute Gasteiger partial charge is 0.341 e. The Labute approximate surface area is 230 Å². The van der Waals surface area contributed by atoms with E-state index in [1.807, 2.05) is 24.3 Å². The third-order valence-corrected chi connectivity index (χ3v) is 7.20. The highest BCUT2D eigenvalue weighted by Crippen LogP contribution is 2.42. The molecule has 1 fully saturated rings. The van der Waals surface area contributed by atoms with Gasteiger partial charge in [0.1, 0.15) is 11.5 Å². The number of carbonyl (C=O) groups excluding carboxylic acids is 2. The van der Waals surface area contributed by atoms with Crippen molar-refractivity contribution in [2.24, 2.45) is 5.92 Å². The third kappa shape index (κ3) is 6.81. The normalized spacial score (nSPS) is 16.7. The van der Waals surface area contributed by atoms with Crippen molar-refractivity contribution < 1.29 is 24.2 Å². The highest BCUT2D eigenvalue weighted by atomic mass is 16.5. The quantitative estimate of drug-likeness (QED) is 0.137. The van der Waals surface area contributed by atoms with Crippen LogP contribution in [0.4, 0.5) is 0 Å². The molecule has 5 nitrogen and oxygen atoms in total.